The SMILES string of the molecule is Cc1cc2c(N3CCSC(C)(C)C3)nc(NN)nc2s1. The summed E-state index contributed by atoms with van der Waals surface area (Å²) >= 11 is 3.70. The minimum Gasteiger partial charge on any atom is -0.354 e. The number of fused-ring (bicyclic) bond motifs is 1. The van der Waals surface area contributed by atoms with Crippen molar-refractivity contribution in [2.75, 3.05) is 29.2 Å². The monoisotopic (exact) mass is 309 g/mol. The third-order valence-electron chi connectivity index (χ3n) is 3.35. The molecule has 0 radical (unpaired) electrons. The first-order valence-corrected chi connectivity index (χ1v) is 8.42. The molecule has 0 unspecified atom stereocenters. The van der Waals surface area contributed by atoms with E-state index in [1.807, 2.05) is 11.8 Å². The lowest BCUT2D eigenvalue weighted by molar-refractivity contribution is 0.644. The van der Waals surface area contributed by atoms with Crippen LogP contribution >= 0.6 is 23.1 Å². The Bertz CT molecular complexity index is 637. The van der Waals surface area contributed by atoms with E-state index in [-0.39, 0.29) is 4.75 Å². The number of thiophene rings is 1. The Morgan fingerprint density at radius 1 is 1.40 bits per heavy atom. The second-order valence-corrected chi connectivity index (χ2v) is 8.66. The molecule has 1 saturated heterocycles. The summed E-state index contributed by atoms with van der Waals surface area (Å²) in [5, 5.41) is 1.13. The molecule has 3 rings (SSSR count). The van der Waals surface area contributed by atoms with Crippen LogP contribution in [-0.4, -0.2) is 33.6 Å². The van der Waals surface area contributed by atoms with Gasteiger partial charge in [-0.05, 0) is 26.8 Å². The maximum absolute atomic E-state index is 5.51. The molecule has 2 aromatic rings. The van der Waals surface area contributed by atoms with Gasteiger partial charge < -0.3 is 4.90 Å². The lowest BCUT2D eigenvalue weighted by Crippen LogP contribution is -2.43. The van der Waals surface area contributed by atoms with Crippen molar-refractivity contribution in [3.63, 3.8) is 0 Å². The number of anilines is 2. The van der Waals surface area contributed by atoms with Gasteiger partial charge in [0.1, 0.15) is 10.6 Å². The number of nitrogen functional groups attached to an aromatic ring is 1. The number of hydrogen-bond donors (Lipinski definition) is 2. The van der Waals surface area contributed by atoms with E-state index in [9.17, 15) is 0 Å². The predicted molar refractivity (Wildman–Crippen MR) is 88.7 cm³/mol. The molecule has 0 aromatic carbocycles. The van der Waals surface area contributed by atoms with Gasteiger partial charge in [0.2, 0.25) is 5.95 Å². The highest BCUT2D eigenvalue weighted by Gasteiger charge is 2.29. The van der Waals surface area contributed by atoms with Crippen LogP contribution in [0.3, 0.4) is 0 Å². The first-order chi connectivity index (χ1) is 9.48. The Morgan fingerprint density at radius 2 is 2.20 bits per heavy atom. The molecule has 3 N–H and O–H groups in total. The number of thioether (sulfide) groups is 1. The van der Waals surface area contributed by atoms with Gasteiger partial charge in [0.15, 0.2) is 0 Å². The van der Waals surface area contributed by atoms with E-state index in [0.717, 1.165) is 34.9 Å². The molecule has 0 atom stereocenters. The molecule has 1 aliphatic rings. The molecule has 0 bridgehead atoms. The largest absolute Gasteiger partial charge is 0.354 e. The molecule has 7 heteroatoms. The molecular formula is C13H19N5S2. The standard InChI is InChI=1S/C13H19N5S2/c1-8-6-9-10(15-12(17-14)16-11(9)20-8)18-4-5-19-13(2,3)7-18/h6H,4-5,7,14H2,1-3H3,(H,15,16,17). The van der Waals surface area contributed by atoms with Gasteiger partial charge >= 0.3 is 0 Å². The number of aromatic nitrogens is 2. The van der Waals surface area contributed by atoms with Crippen molar-refractivity contribution in [1.82, 2.24) is 9.97 Å². The van der Waals surface area contributed by atoms with Gasteiger partial charge in [0, 0.05) is 28.5 Å². The number of hydrazine groups is 1. The number of nitrogens with zero attached hydrogens (tertiary/aromatic N) is 3. The molecule has 20 heavy (non-hydrogen) atoms. The lowest BCUT2D eigenvalue weighted by atomic mass is 10.2. The van der Waals surface area contributed by atoms with Crippen LogP contribution in [0.15, 0.2) is 6.07 Å². The van der Waals surface area contributed by atoms with Crippen molar-refractivity contribution in [3.05, 3.63) is 10.9 Å². The van der Waals surface area contributed by atoms with Gasteiger partial charge in [-0.25, -0.2) is 10.8 Å². The van der Waals surface area contributed by atoms with E-state index in [1.165, 1.54) is 4.88 Å². The highest BCUT2D eigenvalue weighted by atomic mass is 32.2. The first-order valence-electron chi connectivity index (χ1n) is 6.62. The smallest absolute Gasteiger partial charge is 0.240 e. The van der Waals surface area contributed by atoms with Crippen LogP contribution in [0.4, 0.5) is 11.8 Å². The van der Waals surface area contributed by atoms with Crippen LogP contribution in [0.1, 0.15) is 18.7 Å². The van der Waals surface area contributed by atoms with E-state index >= 15 is 0 Å². The Kier molecular flexibility index (Phi) is 3.51. The second kappa shape index (κ2) is 5.05. The topological polar surface area (TPSA) is 67.1 Å². The quantitative estimate of drug-likeness (QED) is 0.656. The number of aryl methyl sites for hydroxylation is 1. The van der Waals surface area contributed by atoms with Crippen LogP contribution in [-0.2, 0) is 0 Å². The van der Waals surface area contributed by atoms with Crippen LogP contribution in [0.2, 0.25) is 0 Å². The van der Waals surface area contributed by atoms with Gasteiger partial charge in [-0.15, -0.1) is 11.3 Å². The van der Waals surface area contributed by atoms with E-state index in [4.69, 9.17) is 5.84 Å². The van der Waals surface area contributed by atoms with Crippen LogP contribution in [0.25, 0.3) is 10.2 Å². The molecule has 0 amide bonds. The average Bonchev–Trinajstić information content (AvgIpc) is 2.76. The Morgan fingerprint density at radius 3 is 2.90 bits per heavy atom. The molecule has 5 nitrogen and oxygen atoms in total. The van der Waals surface area contributed by atoms with Gasteiger partial charge in [-0.2, -0.15) is 16.7 Å². The normalized spacial score (nSPS) is 18.5. The molecule has 108 valence electrons. The predicted octanol–water partition coefficient (Wildman–Crippen LogP) is 2.62. The average molecular weight is 309 g/mol. The minimum absolute atomic E-state index is 0.247. The molecule has 2 aromatic heterocycles. The van der Waals surface area contributed by atoms with E-state index in [2.05, 4.69) is 47.1 Å². The fourth-order valence-electron chi connectivity index (χ4n) is 2.53. The Balaban J connectivity index is 2.09. The highest BCUT2D eigenvalue weighted by Crippen LogP contribution is 2.36. The van der Waals surface area contributed by atoms with Crippen molar-refractivity contribution in [2.24, 2.45) is 5.84 Å². The summed E-state index contributed by atoms with van der Waals surface area (Å²) in [6.45, 7) is 8.66. The summed E-state index contributed by atoms with van der Waals surface area (Å²) in [5.41, 5.74) is 2.58. The first kappa shape index (κ1) is 13.9. The van der Waals surface area contributed by atoms with Crippen molar-refractivity contribution < 1.29 is 0 Å². The van der Waals surface area contributed by atoms with Crippen molar-refractivity contribution >= 4 is 45.1 Å². The van der Waals surface area contributed by atoms with Crippen LogP contribution in [0.5, 0.6) is 0 Å². The number of rotatable bonds is 2. The molecule has 3 heterocycles. The second-order valence-electron chi connectivity index (χ2n) is 5.62. The summed E-state index contributed by atoms with van der Waals surface area (Å²) in [7, 11) is 0. The maximum Gasteiger partial charge on any atom is 0.240 e. The third kappa shape index (κ3) is 2.57. The zero-order valence-corrected chi connectivity index (χ0v) is 13.6. The maximum atomic E-state index is 5.51. The van der Waals surface area contributed by atoms with Gasteiger partial charge in [-0.1, -0.05) is 0 Å². The van der Waals surface area contributed by atoms with Gasteiger partial charge in [0.25, 0.3) is 0 Å². The van der Waals surface area contributed by atoms with E-state index in [0.29, 0.717) is 5.95 Å². The van der Waals surface area contributed by atoms with Gasteiger partial charge in [-0.3, -0.25) is 5.43 Å². The number of nitrogens with one attached hydrogen (secondary N) is 1. The summed E-state index contributed by atoms with van der Waals surface area (Å²) in [4.78, 5) is 13.6. The molecule has 1 aliphatic heterocycles. The highest BCUT2D eigenvalue weighted by molar-refractivity contribution is 8.00. The van der Waals surface area contributed by atoms with Crippen molar-refractivity contribution in [2.45, 2.75) is 25.5 Å². The van der Waals surface area contributed by atoms with Crippen molar-refractivity contribution in [1.29, 1.82) is 0 Å². The van der Waals surface area contributed by atoms with Crippen molar-refractivity contribution in [3.8, 4) is 0 Å². The van der Waals surface area contributed by atoms with Crippen LogP contribution in [0, 0.1) is 6.92 Å². The van der Waals surface area contributed by atoms with E-state index < -0.39 is 0 Å². The molecular weight excluding hydrogens is 290 g/mol. The summed E-state index contributed by atoms with van der Waals surface area (Å²) < 4.78 is 0.247. The molecule has 1 fully saturated rings. The Hall–Kier alpha value is -1.05. The number of nitrogens with two attached hydrogens (primary N) is 1. The van der Waals surface area contributed by atoms with Crippen LogP contribution < -0.4 is 16.2 Å². The zero-order valence-electron chi connectivity index (χ0n) is 11.9. The summed E-state index contributed by atoms with van der Waals surface area (Å²) in [5.74, 6) is 8.12. The molecule has 0 spiro atoms. The fourth-order valence-corrected chi connectivity index (χ4v) is 4.52. The lowest BCUT2D eigenvalue weighted by Gasteiger charge is -2.38. The fraction of sp³-hybridized carbons (Fsp3) is 0.538. The Labute approximate surface area is 126 Å². The molecule has 0 saturated carbocycles. The zero-order chi connectivity index (χ0) is 14.3. The summed E-state index contributed by atoms with van der Waals surface area (Å²) in [6, 6.07) is 2.17. The third-order valence-corrected chi connectivity index (χ3v) is 5.59. The molecule has 0 aliphatic carbocycles. The van der Waals surface area contributed by atoms with Gasteiger partial charge in [0.05, 0.1) is 5.39 Å². The minimum atomic E-state index is 0.247. The number of hydrogen-bond acceptors (Lipinski definition) is 7. The summed E-state index contributed by atoms with van der Waals surface area (Å²) in [6.07, 6.45) is 0. The van der Waals surface area contributed by atoms with E-state index in [1.54, 1.807) is 11.3 Å².